The highest BCUT2D eigenvalue weighted by Gasteiger charge is 2.34. The van der Waals surface area contributed by atoms with E-state index in [0.717, 1.165) is 0 Å². The monoisotopic (exact) mass is 234 g/mol. The smallest absolute Gasteiger partial charge is 0.216 e. The molecule has 0 aliphatic carbocycles. The number of nitrogens with two attached hydrogens (primary N) is 1. The molecule has 8 heteroatoms. The minimum Gasteiger partial charge on any atom is -0.216 e. The molecule has 0 bridgehead atoms. The second-order valence-corrected chi connectivity index (χ2v) is 4.39. The summed E-state index contributed by atoms with van der Waals surface area (Å²) in [6.45, 7) is 0.0234. The van der Waals surface area contributed by atoms with Crippen molar-refractivity contribution in [3.8, 4) is 0 Å². The summed E-state index contributed by atoms with van der Waals surface area (Å²) >= 11 is 0. The van der Waals surface area contributed by atoms with Gasteiger partial charge in [-0.1, -0.05) is 13.3 Å². The van der Waals surface area contributed by atoms with Gasteiger partial charge in [-0.25, -0.2) is 5.14 Å². The summed E-state index contributed by atoms with van der Waals surface area (Å²) in [6.07, 6.45) is -3.60. The third-order valence-corrected chi connectivity index (χ3v) is 2.51. The number of rotatable bonds is 5. The van der Waals surface area contributed by atoms with Crippen molar-refractivity contribution in [1.29, 1.82) is 0 Å². The molecule has 0 radical (unpaired) electrons. The maximum absolute atomic E-state index is 11.9. The zero-order valence-electron chi connectivity index (χ0n) is 7.71. The van der Waals surface area contributed by atoms with Crippen molar-refractivity contribution in [2.75, 3.05) is 13.1 Å². The Morgan fingerprint density at radius 1 is 1.36 bits per heavy atom. The predicted octanol–water partition coefficient (Wildman–Crippen LogP) is 0.854. The molecular weight excluding hydrogens is 221 g/mol. The topological polar surface area (TPSA) is 63.4 Å². The summed E-state index contributed by atoms with van der Waals surface area (Å²) in [5, 5.41) is 4.63. The molecule has 0 unspecified atom stereocenters. The first-order chi connectivity index (χ1) is 6.17. The average Bonchev–Trinajstić information content (AvgIpc) is 1.93. The van der Waals surface area contributed by atoms with E-state index in [0.29, 0.717) is 12.8 Å². The van der Waals surface area contributed by atoms with Gasteiger partial charge in [0, 0.05) is 6.54 Å². The minimum atomic E-state index is -4.56. The Morgan fingerprint density at radius 2 is 1.86 bits per heavy atom. The molecule has 0 aromatic rings. The quantitative estimate of drug-likeness (QED) is 0.766. The van der Waals surface area contributed by atoms with Gasteiger partial charge in [0.15, 0.2) is 0 Å². The highest BCUT2D eigenvalue weighted by molar-refractivity contribution is 7.86. The lowest BCUT2D eigenvalue weighted by Crippen LogP contribution is -2.43. The summed E-state index contributed by atoms with van der Waals surface area (Å²) in [5.74, 6) is 0. The van der Waals surface area contributed by atoms with Gasteiger partial charge in [-0.05, 0) is 6.42 Å². The van der Waals surface area contributed by atoms with Crippen LogP contribution < -0.4 is 5.14 Å². The fourth-order valence-corrected chi connectivity index (χ4v) is 1.54. The van der Waals surface area contributed by atoms with Crippen LogP contribution in [0.1, 0.15) is 19.8 Å². The van der Waals surface area contributed by atoms with Crippen LogP contribution in [0, 0.1) is 0 Å². The standard InChI is InChI=1S/C6H13F3N2O2S/c1-2-3-4-11(14(10,12)13)5-6(7,8)9/h2-5H2,1H3,(H2,10,12,13). The molecule has 0 aliphatic rings. The van der Waals surface area contributed by atoms with Crippen LogP contribution in [0.3, 0.4) is 0 Å². The van der Waals surface area contributed by atoms with Crippen molar-refractivity contribution in [2.24, 2.45) is 5.14 Å². The van der Waals surface area contributed by atoms with Crippen molar-refractivity contribution >= 4 is 10.2 Å². The number of hydrogen-bond acceptors (Lipinski definition) is 2. The summed E-state index contributed by atoms with van der Waals surface area (Å²) < 4.78 is 57.4. The van der Waals surface area contributed by atoms with Gasteiger partial charge in [0.25, 0.3) is 10.2 Å². The van der Waals surface area contributed by atoms with Crippen molar-refractivity contribution in [2.45, 2.75) is 25.9 Å². The maximum atomic E-state index is 11.9. The SMILES string of the molecule is CCCCN(CC(F)(F)F)S(N)(=O)=O. The molecule has 0 aromatic carbocycles. The molecule has 0 atom stereocenters. The van der Waals surface area contributed by atoms with Gasteiger partial charge >= 0.3 is 6.18 Å². The third kappa shape index (κ3) is 6.17. The summed E-state index contributed by atoms with van der Waals surface area (Å²) in [6, 6.07) is 0. The van der Waals surface area contributed by atoms with Crippen LogP contribution in [-0.4, -0.2) is 32.0 Å². The van der Waals surface area contributed by atoms with Gasteiger partial charge in [0.2, 0.25) is 0 Å². The molecule has 0 saturated heterocycles. The zero-order valence-corrected chi connectivity index (χ0v) is 8.53. The van der Waals surface area contributed by atoms with Gasteiger partial charge in [0.1, 0.15) is 6.54 Å². The molecule has 0 amide bonds. The first kappa shape index (κ1) is 13.7. The molecular formula is C6H13F3N2O2S. The van der Waals surface area contributed by atoms with E-state index in [-0.39, 0.29) is 10.8 Å². The Bertz CT molecular complexity index is 263. The average molecular weight is 234 g/mol. The van der Waals surface area contributed by atoms with E-state index in [2.05, 4.69) is 5.14 Å². The summed E-state index contributed by atoms with van der Waals surface area (Å²) in [7, 11) is -4.26. The Hall–Kier alpha value is -0.340. The number of nitrogens with zero attached hydrogens (tertiary/aromatic N) is 1. The van der Waals surface area contributed by atoms with Gasteiger partial charge in [-0.15, -0.1) is 0 Å². The lowest BCUT2D eigenvalue weighted by Gasteiger charge is -2.20. The normalized spacial score (nSPS) is 13.6. The predicted molar refractivity (Wildman–Crippen MR) is 45.6 cm³/mol. The lowest BCUT2D eigenvalue weighted by molar-refractivity contribution is -0.136. The largest absolute Gasteiger partial charge is 0.402 e. The fraction of sp³-hybridized carbons (Fsp3) is 1.00. The minimum absolute atomic E-state index is 0.200. The van der Waals surface area contributed by atoms with Gasteiger partial charge in [0.05, 0.1) is 0 Å². The van der Waals surface area contributed by atoms with Crippen molar-refractivity contribution in [1.82, 2.24) is 4.31 Å². The molecule has 4 nitrogen and oxygen atoms in total. The van der Waals surface area contributed by atoms with Crippen LogP contribution >= 0.6 is 0 Å². The second kappa shape index (κ2) is 4.94. The van der Waals surface area contributed by atoms with E-state index in [9.17, 15) is 21.6 Å². The molecule has 2 N–H and O–H groups in total. The van der Waals surface area contributed by atoms with E-state index in [1.165, 1.54) is 0 Å². The lowest BCUT2D eigenvalue weighted by atomic mass is 10.3. The highest BCUT2D eigenvalue weighted by atomic mass is 32.2. The number of unbranched alkanes of at least 4 members (excludes halogenated alkanes) is 1. The first-order valence-corrected chi connectivity index (χ1v) is 5.51. The molecule has 0 aromatic heterocycles. The zero-order chi connectivity index (χ0) is 11.4. The van der Waals surface area contributed by atoms with Crippen LogP contribution in [0.5, 0.6) is 0 Å². The molecule has 0 rings (SSSR count). The fourth-order valence-electron chi connectivity index (χ4n) is 0.831. The molecule has 0 fully saturated rings. The van der Waals surface area contributed by atoms with Crippen LogP contribution in [0.2, 0.25) is 0 Å². The number of halogens is 3. The Balaban J connectivity index is 4.43. The molecule has 0 spiro atoms. The second-order valence-electron chi connectivity index (χ2n) is 2.85. The van der Waals surface area contributed by atoms with Gasteiger partial charge in [-0.2, -0.15) is 25.9 Å². The Morgan fingerprint density at radius 3 is 2.14 bits per heavy atom. The van der Waals surface area contributed by atoms with E-state index < -0.39 is 22.9 Å². The summed E-state index contributed by atoms with van der Waals surface area (Å²) in [5.41, 5.74) is 0. The van der Waals surface area contributed by atoms with E-state index in [1.54, 1.807) is 6.92 Å². The van der Waals surface area contributed by atoms with E-state index in [1.807, 2.05) is 0 Å². The van der Waals surface area contributed by atoms with Crippen molar-refractivity contribution in [3.05, 3.63) is 0 Å². The number of alkyl halides is 3. The Labute approximate surface area is 81.1 Å². The first-order valence-electron chi connectivity index (χ1n) is 4.01. The molecule has 0 heterocycles. The van der Waals surface area contributed by atoms with Crippen molar-refractivity contribution < 1.29 is 21.6 Å². The van der Waals surface area contributed by atoms with Gasteiger partial charge in [-0.3, -0.25) is 0 Å². The molecule has 0 saturated carbocycles. The third-order valence-electron chi connectivity index (χ3n) is 1.48. The molecule has 86 valence electrons. The van der Waals surface area contributed by atoms with Crippen LogP contribution in [0.15, 0.2) is 0 Å². The highest BCUT2D eigenvalue weighted by Crippen LogP contribution is 2.17. The maximum Gasteiger partial charge on any atom is 0.402 e. The van der Waals surface area contributed by atoms with Gasteiger partial charge < -0.3 is 0 Å². The summed E-state index contributed by atoms with van der Waals surface area (Å²) in [4.78, 5) is 0. The molecule has 0 aliphatic heterocycles. The van der Waals surface area contributed by atoms with Crippen LogP contribution in [-0.2, 0) is 10.2 Å². The van der Waals surface area contributed by atoms with Crippen LogP contribution in [0.25, 0.3) is 0 Å². The Kier molecular flexibility index (Phi) is 4.82. The van der Waals surface area contributed by atoms with E-state index in [4.69, 9.17) is 0 Å². The van der Waals surface area contributed by atoms with E-state index >= 15 is 0 Å². The van der Waals surface area contributed by atoms with Crippen molar-refractivity contribution in [3.63, 3.8) is 0 Å². The van der Waals surface area contributed by atoms with Crippen LogP contribution in [0.4, 0.5) is 13.2 Å². The molecule has 14 heavy (non-hydrogen) atoms. The number of hydrogen-bond donors (Lipinski definition) is 1.